The molecular weight excluding hydrogens is 793 g/mol. The molecule has 3 aromatic heterocycles. The second-order valence-corrected chi connectivity index (χ2v) is 17.1. The van der Waals surface area contributed by atoms with Crippen LogP contribution in [-0.4, -0.2) is 19.5 Å². The Morgan fingerprint density at radius 3 is 1.88 bits per heavy atom. The first-order valence-corrected chi connectivity index (χ1v) is 22.5. The summed E-state index contributed by atoms with van der Waals surface area (Å²) in [4.78, 5) is 15.5. The standard InChI is InChI=1S/C58H38N4O.C2H6/c1-58(2)47-26-10-8-22-45(47)52-43(23-14-27-48(52)58)44-24-13-25-46-53-40-20-7-6-15-35(40)30-32-49(53)62(54(44)46)39-19-12-18-37(33-39)56-59-55(36-16-4-3-5-17-36)60-57(61-56)38-29-31-42-41-21-9-11-28-50(41)63-51(42)34-38;1-2/h3-34H,1-2H3;1-2H3. The van der Waals surface area contributed by atoms with Gasteiger partial charge < -0.3 is 8.98 Å². The molecule has 3 heterocycles. The van der Waals surface area contributed by atoms with Gasteiger partial charge in [-0.1, -0.05) is 185 Å². The lowest BCUT2D eigenvalue weighted by Crippen LogP contribution is -2.14. The first-order chi connectivity index (χ1) is 32.0. The van der Waals surface area contributed by atoms with Gasteiger partial charge in [-0.3, -0.25) is 0 Å². The van der Waals surface area contributed by atoms with Gasteiger partial charge in [0.25, 0.3) is 0 Å². The van der Waals surface area contributed by atoms with Crippen LogP contribution in [0.3, 0.4) is 0 Å². The highest BCUT2D eigenvalue weighted by Gasteiger charge is 2.37. The number of aromatic nitrogens is 4. The highest BCUT2D eigenvalue weighted by Crippen LogP contribution is 2.53. The fraction of sp³-hybridized carbons (Fsp3) is 0.0833. The Morgan fingerprint density at radius 2 is 1.03 bits per heavy atom. The van der Waals surface area contributed by atoms with Gasteiger partial charge in [0.1, 0.15) is 11.2 Å². The van der Waals surface area contributed by atoms with Crippen molar-refractivity contribution in [1.82, 2.24) is 19.5 Å². The monoisotopic (exact) mass is 836 g/mol. The highest BCUT2D eigenvalue weighted by atomic mass is 16.3. The van der Waals surface area contributed by atoms with Crippen molar-refractivity contribution >= 4 is 54.5 Å². The molecule has 5 nitrogen and oxygen atoms in total. The van der Waals surface area contributed by atoms with Crippen molar-refractivity contribution in [3.63, 3.8) is 0 Å². The summed E-state index contributed by atoms with van der Waals surface area (Å²) in [7, 11) is 0. The van der Waals surface area contributed by atoms with Crippen LogP contribution in [0.25, 0.3) is 117 Å². The van der Waals surface area contributed by atoms with Crippen LogP contribution >= 0.6 is 0 Å². The van der Waals surface area contributed by atoms with Gasteiger partial charge in [0, 0.05) is 54.9 Å². The molecule has 0 aliphatic heterocycles. The summed E-state index contributed by atoms with van der Waals surface area (Å²) in [5, 5.41) is 7.04. The molecule has 0 saturated carbocycles. The van der Waals surface area contributed by atoms with E-state index in [2.05, 4.69) is 158 Å². The van der Waals surface area contributed by atoms with Gasteiger partial charge in [-0.05, 0) is 75.0 Å². The molecule has 1 aliphatic rings. The second-order valence-electron chi connectivity index (χ2n) is 17.1. The van der Waals surface area contributed by atoms with E-state index in [-0.39, 0.29) is 5.41 Å². The number of para-hydroxylation sites is 2. The maximum Gasteiger partial charge on any atom is 0.164 e. The quantitative estimate of drug-likeness (QED) is 0.173. The number of nitrogens with zero attached hydrogens (tertiary/aromatic N) is 4. The molecule has 0 N–H and O–H groups in total. The van der Waals surface area contributed by atoms with E-state index in [9.17, 15) is 0 Å². The molecule has 0 bridgehead atoms. The maximum absolute atomic E-state index is 6.32. The van der Waals surface area contributed by atoms with Gasteiger partial charge in [-0.2, -0.15) is 0 Å². The van der Waals surface area contributed by atoms with Crippen molar-refractivity contribution in [3.05, 3.63) is 205 Å². The number of furan rings is 1. The zero-order chi connectivity index (χ0) is 43.8. The summed E-state index contributed by atoms with van der Waals surface area (Å²) in [5.41, 5.74) is 15.3. The second kappa shape index (κ2) is 15.0. The minimum absolute atomic E-state index is 0.118. The minimum atomic E-state index is -0.118. The number of benzene rings is 9. The van der Waals surface area contributed by atoms with E-state index in [1.807, 2.05) is 68.4 Å². The van der Waals surface area contributed by atoms with E-state index in [1.54, 1.807) is 0 Å². The van der Waals surface area contributed by atoms with Gasteiger partial charge in [0.05, 0.1) is 11.0 Å². The average molecular weight is 837 g/mol. The van der Waals surface area contributed by atoms with Gasteiger partial charge in [0.2, 0.25) is 0 Å². The summed E-state index contributed by atoms with van der Waals surface area (Å²) in [5.74, 6) is 1.78. The summed E-state index contributed by atoms with van der Waals surface area (Å²) in [6.45, 7) is 8.70. The van der Waals surface area contributed by atoms with Gasteiger partial charge in [0.15, 0.2) is 17.5 Å². The first kappa shape index (κ1) is 38.5. The SMILES string of the molecule is CC.CC1(C)c2ccccc2-c2c(-c3cccc4c5c6ccccc6ccc5n(-c5cccc(-c6nc(-c7ccccc7)nc(-c7ccc8c(c7)oc7ccccc78)n6)c5)c34)cccc21. The van der Waals surface area contributed by atoms with Crippen molar-refractivity contribution in [1.29, 1.82) is 0 Å². The van der Waals surface area contributed by atoms with Crippen LogP contribution in [0, 0.1) is 0 Å². The normalized spacial score (nSPS) is 12.7. The van der Waals surface area contributed by atoms with Crippen LogP contribution < -0.4 is 0 Å². The van der Waals surface area contributed by atoms with Gasteiger partial charge in [-0.15, -0.1) is 0 Å². The summed E-state index contributed by atoms with van der Waals surface area (Å²) < 4.78 is 8.77. The number of hydrogen-bond donors (Lipinski definition) is 0. The molecule has 12 aromatic rings. The third-order valence-corrected chi connectivity index (χ3v) is 13.2. The molecule has 0 amide bonds. The lowest BCUT2D eigenvalue weighted by Gasteiger charge is -2.21. The predicted octanol–water partition coefficient (Wildman–Crippen LogP) is 16.0. The summed E-state index contributed by atoms with van der Waals surface area (Å²) in [6.07, 6.45) is 0. The molecule has 0 unspecified atom stereocenters. The van der Waals surface area contributed by atoms with E-state index in [0.717, 1.165) is 55.3 Å². The van der Waals surface area contributed by atoms with Gasteiger partial charge >= 0.3 is 0 Å². The molecule has 0 fully saturated rings. The van der Waals surface area contributed by atoms with Crippen molar-refractivity contribution in [2.45, 2.75) is 33.1 Å². The number of hydrogen-bond acceptors (Lipinski definition) is 4. The van der Waals surface area contributed by atoms with Crippen LogP contribution in [0.5, 0.6) is 0 Å². The van der Waals surface area contributed by atoms with E-state index in [1.165, 1.54) is 54.9 Å². The van der Waals surface area contributed by atoms with E-state index < -0.39 is 0 Å². The van der Waals surface area contributed by atoms with Crippen LogP contribution in [0.4, 0.5) is 0 Å². The molecule has 65 heavy (non-hydrogen) atoms. The molecular formula is C60H44N4O. The van der Waals surface area contributed by atoms with E-state index >= 15 is 0 Å². The molecule has 310 valence electrons. The average Bonchev–Trinajstić information content (AvgIpc) is 4.00. The zero-order valence-electron chi connectivity index (χ0n) is 36.7. The predicted molar refractivity (Wildman–Crippen MR) is 270 cm³/mol. The number of rotatable bonds is 5. The largest absolute Gasteiger partial charge is 0.456 e. The Labute approximate surface area is 377 Å². The molecule has 0 saturated heterocycles. The van der Waals surface area contributed by atoms with Crippen LogP contribution in [0.1, 0.15) is 38.8 Å². The van der Waals surface area contributed by atoms with E-state index in [4.69, 9.17) is 19.4 Å². The summed E-state index contributed by atoms with van der Waals surface area (Å²) in [6, 6.07) is 69.0. The molecule has 0 atom stereocenters. The first-order valence-electron chi connectivity index (χ1n) is 22.5. The van der Waals surface area contributed by atoms with Crippen LogP contribution in [0.2, 0.25) is 0 Å². The lowest BCUT2D eigenvalue weighted by molar-refractivity contribution is 0.660. The van der Waals surface area contributed by atoms with Crippen molar-refractivity contribution in [3.8, 4) is 62.1 Å². The Balaban J connectivity index is 0.00000219. The third kappa shape index (κ3) is 5.96. The Bertz CT molecular complexity index is 3840. The minimum Gasteiger partial charge on any atom is -0.456 e. The molecule has 1 aliphatic carbocycles. The van der Waals surface area contributed by atoms with Crippen molar-refractivity contribution in [2.24, 2.45) is 0 Å². The fourth-order valence-electron chi connectivity index (χ4n) is 10.3. The highest BCUT2D eigenvalue weighted by molar-refractivity contribution is 6.24. The van der Waals surface area contributed by atoms with Crippen LogP contribution in [-0.2, 0) is 5.41 Å². The summed E-state index contributed by atoms with van der Waals surface area (Å²) >= 11 is 0. The molecule has 13 rings (SSSR count). The fourth-order valence-corrected chi connectivity index (χ4v) is 10.3. The Kier molecular flexibility index (Phi) is 8.89. The maximum atomic E-state index is 6.32. The number of fused-ring (bicyclic) bond motifs is 11. The van der Waals surface area contributed by atoms with Crippen molar-refractivity contribution in [2.75, 3.05) is 0 Å². The topological polar surface area (TPSA) is 56.7 Å². The zero-order valence-corrected chi connectivity index (χ0v) is 36.7. The Hall–Kier alpha value is -8.15. The smallest absolute Gasteiger partial charge is 0.164 e. The van der Waals surface area contributed by atoms with E-state index in [0.29, 0.717) is 17.5 Å². The Morgan fingerprint density at radius 1 is 0.431 bits per heavy atom. The lowest BCUT2D eigenvalue weighted by atomic mass is 9.82. The molecule has 5 heteroatoms. The molecule has 0 radical (unpaired) electrons. The molecule has 0 spiro atoms. The van der Waals surface area contributed by atoms with Crippen molar-refractivity contribution < 1.29 is 4.42 Å². The molecule has 9 aromatic carbocycles. The third-order valence-electron chi connectivity index (χ3n) is 13.2. The van der Waals surface area contributed by atoms with Crippen LogP contribution in [0.15, 0.2) is 199 Å². The van der Waals surface area contributed by atoms with Gasteiger partial charge in [-0.25, -0.2) is 15.0 Å².